The first-order valence-electron chi connectivity index (χ1n) is 2.94. The molecule has 1 unspecified atom stereocenters. The second kappa shape index (κ2) is 4.81. The first kappa shape index (κ1) is 8.97. The van der Waals surface area contributed by atoms with Gasteiger partial charge in [-0.25, -0.2) is 4.79 Å². The Kier molecular flexibility index (Phi) is 4.32. The highest BCUT2D eigenvalue weighted by molar-refractivity contribution is 5.67. The Labute approximate surface area is 59.5 Å². The van der Waals surface area contributed by atoms with Gasteiger partial charge in [0, 0.05) is 0 Å². The van der Waals surface area contributed by atoms with Gasteiger partial charge in [0.15, 0.2) is 0 Å². The summed E-state index contributed by atoms with van der Waals surface area (Å²) in [5.74, 6) is 0. The highest BCUT2D eigenvalue weighted by atomic mass is 16.5. The third-order valence-corrected chi connectivity index (χ3v) is 0.764. The van der Waals surface area contributed by atoms with Crippen LogP contribution in [0.3, 0.4) is 0 Å². The number of hydrogen-bond donors (Lipinski definition) is 2. The van der Waals surface area contributed by atoms with Gasteiger partial charge < -0.3 is 9.84 Å². The van der Waals surface area contributed by atoms with Crippen molar-refractivity contribution in [3.63, 3.8) is 0 Å². The minimum absolute atomic E-state index is 0.287. The number of amides is 1. The lowest BCUT2D eigenvalue weighted by atomic mass is 10.5. The summed E-state index contributed by atoms with van der Waals surface area (Å²) in [5.41, 5.74) is 0. The maximum absolute atomic E-state index is 10.5. The molecule has 1 atom stereocenters. The molecule has 0 rings (SSSR count). The summed E-state index contributed by atoms with van der Waals surface area (Å²) in [4.78, 5) is 10.5. The highest BCUT2D eigenvalue weighted by Gasteiger charge is 2.03. The van der Waals surface area contributed by atoms with Crippen LogP contribution in [0, 0.1) is 0 Å². The molecule has 0 heterocycles. The van der Waals surface area contributed by atoms with E-state index in [4.69, 9.17) is 5.11 Å². The van der Waals surface area contributed by atoms with Crippen molar-refractivity contribution in [3.05, 3.63) is 12.7 Å². The Bertz CT molecular complexity index is 124. The molecule has 0 bridgehead atoms. The molecule has 4 heteroatoms. The molecular weight excluding hydrogens is 134 g/mol. The zero-order valence-electron chi connectivity index (χ0n) is 5.83. The number of rotatable bonds is 3. The van der Waals surface area contributed by atoms with Crippen LogP contribution in [0.4, 0.5) is 4.79 Å². The maximum Gasteiger partial charge on any atom is 0.409 e. The number of alkyl carbamates (subject to hydrolysis) is 1. The quantitative estimate of drug-likeness (QED) is 0.441. The third-order valence-electron chi connectivity index (χ3n) is 0.764. The average molecular weight is 145 g/mol. The van der Waals surface area contributed by atoms with Gasteiger partial charge in [-0.3, -0.25) is 5.32 Å². The number of aliphatic hydroxyl groups is 1. The van der Waals surface area contributed by atoms with Crippen LogP contribution in [0.1, 0.15) is 6.92 Å². The van der Waals surface area contributed by atoms with E-state index in [1.54, 1.807) is 6.92 Å². The zero-order valence-corrected chi connectivity index (χ0v) is 5.83. The van der Waals surface area contributed by atoms with Crippen LogP contribution in [-0.2, 0) is 4.74 Å². The lowest BCUT2D eigenvalue weighted by Crippen LogP contribution is -2.33. The molecule has 0 aliphatic rings. The Morgan fingerprint density at radius 1 is 2.00 bits per heavy atom. The molecule has 10 heavy (non-hydrogen) atoms. The monoisotopic (exact) mass is 145 g/mol. The van der Waals surface area contributed by atoms with E-state index in [1.807, 2.05) is 0 Å². The van der Waals surface area contributed by atoms with Gasteiger partial charge in [-0.05, 0) is 13.0 Å². The van der Waals surface area contributed by atoms with Crippen LogP contribution in [0.2, 0.25) is 0 Å². The van der Waals surface area contributed by atoms with Crippen molar-refractivity contribution in [2.45, 2.75) is 13.2 Å². The van der Waals surface area contributed by atoms with E-state index in [0.717, 1.165) is 0 Å². The van der Waals surface area contributed by atoms with Gasteiger partial charge >= 0.3 is 6.09 Å². The topological polar surface area (TPSA) is 58.6 Å². The summed E-state index contributed by atoms with van der Waals surface area (Å²) >= 11 is 0. The second-order valence-corrected chi connectivity index (χ2v) is 1.55. The van der Waals surface area contributed by atoms with E-state index < -0.39 is 12.3 Å². The van der Waals surface area contributed by atoms with E-state index >= 15 is 0 Å². The first-order valence-corrected chi connectivity index (χ1v) is 2.94. The van der Waals surface area contributed by atoms with Crippen molar-refractivity contribution in [2.24, 2.45) is 0 Å². The molecular formula is C6H11NO3. The summed E-state index contributed by atoms with van der Waals surface area (Å²) < 4.78 is 4.46. The van der Waals surface area contributed by atoms with Gasteiger partial charge in [0.25, 0.3) is 0 Å². The highest BCUT2D eigenvalue weighted by Crippen LogP contribution is 1.80. The predicted molar refractivity (Wildman–Crippen MR) is 36.4 cm³/mol. The lowest BCUT2D eigenvalue weighted by molar-refractivity contribution is 0.121. The van der Waals surface area contributed by atoms with Crippen molar-refractivity contribution in [1.82, 2.24) is 5.32 Å². The maximum atomic E-state index is 10.5. The zero-order chi connectivity index (χ0) is 7.98. The summed E-state index contributed by atoms with van der Waals surface area (Å²) in [6.45, 7) is 5.22. The summed E-state index contributed by atoms with van der Waals surface area (Å²) in [6.07, 6.45) is -0.481. The molecule has 0 aromatic carbocycles. The van der Waals surface area contributed by atoms with Crippen LogP contribution >= 0.6 is 0 Å². The van der Waals surface area contributed by atoms with Crippen molar-refractivity contribution < 1.29 is 14.6 Å². The molecule has 58 valence electrons. The van der Waals surface area contributed by atoms with Gasteiger partial charge in [-0.2, -0.15) is 0 Å². The number of ether oxygens (including phenoxy) is 1. The minimum atomic E-state index is -1.03. The van der Waals surface area contributed by atoms with Crippen molar-refractivity contribution >= 4 is 6.09 Å². The van der Waals surface area contributed by atoms with E-state index in [2.05, 4.69) is 16.6 Å². The minimum Gasteiger partial charge on any atom is -0.450 e. The van der Waals surface area contributed by atoms with E-state index in [0.29, 0.717) is 0 Å². The second-order valence-electron chi connectivity index (χ2n) is 1.55. The standard InChI is InChI=1S/C6H11NO3/c1-3-5(8)7-6(9)10-4-2/h3,5,8H,1,4H2,2H3,(H,7,9). The van der Waals surface area contributed by atoms with Crippen LogP contribution in [-0.4, -0.2) is 24.0 Å². The summed E-state index contributed by atoms with van der Waals surface area (Å²) in [6, 6.07) is 0. The Morgan fingerprint density at radius 2 is 2.60 bits per heavy atom. The molecule has 2 N–H and O–H groups in total. The number of nitrogens with one attached hydrogen (secondary N) is 1. The molecule has 0 radical (unpaired) electrons. The Morgan fingerprint density at radius 3 is 3.00 bits per heavy atom. The fourth-order valence-corrected chi connectivity index (χ4v) is 0.352. The fourth-order valence-electron chi connectivity index (χ4n) is 0.352. The van der Waals surface area contributed by atoms with E-state index in [-0.39, 0.29) is 6.61 Å². The van der Waals surface area contributed by atoms with E-state index in [1.165, 1.54) is 6.08 Å². The van der Waals surface area contributed by atoms with Crippen molar-refractivity contribution in [2.75, 3.05) is 6.61 Å². The molecule has 0 aliphatic carbocycles. The largest absolute Gasteiger partial charge is 0.450 e. The molecule has 0 aliphatic heterocycles. The normalized spacial score (nSPS) is 11.8. The smallest absolute Gasteiger partial charge is 0.409 e. The van der Waals surface area contributed by atoms with Gasteiger partial charge in [0.05, 0.1) is 6.61 Å². The summed E-state index contributed by atoms with van der Waals surface area (Å²) in [5, 5.41) is 10.8. The molecule has 0 aromatic rings. The molecule has 1 amide bonds. The predicted octanol–water partition coefficient (Wildman–Crippen LogP) is 0.237. The van der Waals surface area contributed by atoms with Crippen molar-refractivity contribution in [3.8, 4) is 0 Å². The van der Waals surface area contributed by atoms with Crippen LogP contribution in [0.25, 0.3) is 0 Å². The van der Waals surface area contributed by atoms with E-state index in [9.17, 15) is 4.79 Å². The molecule has 0 spiro atoms. The van der Waals surface area contributed by atoms with Crippen LogP contribution in [0.5, 0.6) is 0 Å². The lowest BCUT2D eigenvalue weighted by Gasteiger charge is -2.06. The van der Waals surface area contributed by atoms with Crippen LogP contribution < -0.4 is 5.32 Å². The number of aliphatic hydroxyl groups excluding tert-OH is 1. The summed E-state index contributed by atoms with van der Waals surface area (Å²) in [7, 11) is 0. The molecule has 0 fully saturated rings. The number of carbonyl (C=O) groups is 1. The van der Waals surface area contributed by atoms with Crippen molar-refractivity contribution in [1.29, 1.82) is 0 Å². The first-order chi connectivity index (χ1) is 4.70. The Balaban J connectivity index is 3.46. The molecule has 0 saturated heterocycles. The molecule has 0 saturated carbocycles. The average Bonchev–Trinajstić information content (AvgIpc) is 1.88. The van der Waals surface area contributed by atoms with Gasteiger partial charge in [0.1, 0.15) is 6.23 Å². The third kappa shape index (κ3) is 3.91. The Hall–Kier alpha value is -1.03. The fraction of sp³-hybridized carbons (Fsp3) is 0.500. The van der Waals surface area contributed by atoms with Crippen LogP contribution in [0.15, 0.2) is 12.7 Å². The van der Waals surface area contributed by atoms with Gasteiger partial charge in [-0.15, -0.1) is 0 Å². The SMILES string of the molecule is C=CC(O)NC(=O)OCC. The number of hydrogen-bond acceptors (Lipinski definition) is 3. The molecule has 0 aromatic heterocycles. The number of carbonyl (C=O) groups excluding carboxylic acids is 1. The molecule has 4 nitrogen and oxygen atoms in total. The van der Waals surface area contributed by atoms with Gasteiger partial charge in [0.2, 0.25) is 0 Å². The van der Waals surface area contributed by atoms with Gasteiger partial charge in [-0.1, -0.05) is 6.58 Å².